The molecular formula is C19H33N3O5. The van der Waals surface area contributed by atoms with Crippen LogP contribution in [0.4, 0.5) is 0 Å². The Kier molecular flexibility index (Phi) is 7.87. The van der Waals surface area contributed by atoms with Crippen molar-refractivity contribution in [1.29, 1.82) is 0 Å². The number of aliphatic hydroxyl groups excluding tert-OH is 1. The van der Waals surface area contributed by atoms with Gasteiger partial charge in [-0.05, 0) is 38.6 Å². The van der Waals surface area contributed by atoms with Crippen LogP contribution in [0.25, 0.3) is 0 Å². The fraction of sp³-hybridized carbons (Fsp3) is 0.895. The van der Waals surface area contributed by atoms with E-state index in [1.807, 2.05) is 0 Å². The number of hydrogen-bond acceptors (Lipinski definition) is 6. The zero-order valence-electron chi connectivity index (χ0n) is 16.0. The molecule has 3 aliphatic rings. The number of amides is 2. The second kappa shape index (κ2) is 10.4. The minimum Gasteiger partial charge on any atom is -0.394 e. The topological polar surface area (TPSA) is 100 Å². The maximum atomic E-state index is 12.2. The molecule has 0 radical (unpaired) electrons. The predicted molar refractivity (Wildman–Crippen MR) is 99.1 cm³/mol. The van der Waals surface area contributed by atoms with Crippen molar-refractivity contribution >= 4 is 11.8 Å². The molecule has 0 bridgehead atoms. The Hall–Kier alpha value is -1.22. The zero-order valence-corrected chi connectivity index (χ0v) is 16.0. The van der Waals surface area contributed by atoms with Gasteiger partial charge >= 0.3 is 0 Å². The second-order valence-corrected chi connectivity index (χ2v) is 7.81. The van der Waals surface area contributed by atoms with E-state index in [2.05, 4.69) is 15.5 Å². The van der Waals surface area contributed by atoms with Gasteiger partial charge in [0, 0.05) is 25.6 Å². The molecule has 0 spiro atoms. The molecule has 3 atom stereocenters. The third kappa shape index (κ3) is 6.71. The Morgan fingerprint density at radius 1 is 1.11 bits per heavy atom. The van der Waals surface area contributed by atoms with Crippen molar-refractivity contribution in [3.05, 3.63) is 0 Å². The first-order valence-electron chi connectivity index (χ1n) is 10.3. The molecule has 2 aliphatic heterocycles. The van der Waals surface area contributed by atoms with Gasteiger partial charge < -0.3 is 25.2 Å². The fourth-order valence-electron chi connectivity index (χ4n) is 3.73. The van der Waals surface area contributed by atoms with Gasteiger partial charge in [-0.15, -0.1) is 0 Å². The predicted octanol–water partition coefficient (Wildman–Crippen LogP) is -0.350. The van der Waals surface area contributed by atoms with Crippen LogP contribution in [0.3, 0.4) is 0 Å². The van der Waals surface area contributed by atoms with Crippen LogP contribution < -0.4 is 10.6 Å². The highest BCUT2D eigenvalue weighted by molar-refractivity contribution is 5.81. The average molecular weight is 383 g/mol. The first-order valence-corrected chi connectivity index (χ1v) is 10.3. The largest absolute Gasteiger partial charge is 0.394 e. The number of hydrogen-bond donors (Lipinski definition) is 3. The molecule has 0 aromatic rings. The number of morpholine rings is 1. The lowest BCUT2D eigenvalue weighted by molar-refractivity contribution is -0.136. The van der Waals surface area contributed by atoms with Crippen molar-refractivity contribution in [1.82, 2.24) is 15.5 Å². The Labute approximate surface area is 160 Å². The molecule has 0 unspecified atom stereocenters. The van der Waals surface area contributed by atoms with Gasteiger partial charge in [0.15, 0.2) is 0 Å². The summed E-state index contributed by atoms with van der Waals surface area (Å²) in [5, 5.41) is 15.5. The normalized spacial score (nSPS) is 29.3. The van der Waals surface area contributed by atoms with Gasteiger partial charge in [0.25, 0.3) is 0 Å². The van der Waals surface area contributed by atoms with E-state index in [-0.39, 0.29) is 36.5 Å². The molecule has 2 saturated heterocycles. The van der Waals surface area contributed by atoms with E-state index in [1.54, 1.807) is 0 Å². The lowest BCUT2D eigenvalue weighted by atomic mass is 9.96. The van der Waals surface area contributed by atoms with E-state index < -0.39 is 6.10 Å². The van der Waals surface area contributed by atoms with Crippen molar-refractivity contribution in [3.63, 3.8) is 0 Å². The molecule has 0 aromatic carbocycles. The van der Waals surface area contributed by atoms with Crippen LogP contribution in [0.15, 0.2) is 0 Å². The summed E-state index contributed by atoms with van der Waals surface area (Å²) in [5.74, 6) is 0.197. The van der Waals surface area contributed by atoms with E-state index in [4.69, 9.17) is 9.47 Å². The van der Waals surface area contributed by atoms with Gasteiger partial charge in [0.05, 0.1) is 38.4 Å². The van der Waals surface area contributed by atoms with Gasteiger partial charge in [0.1, 0.15) is 6.10 Å². The lowest BCUT2D eigenvalue weighted by Crippen LogP contribution is -2.51. The van der Waals surface area contributed by atoms with E-state index in [1.165, 1.54) is 0 Å². The standard InChI is InChI=1S/C19H33N3O5/c23-13-17-16(21-19(25)14-2-3-14)5-4-15(27-17)12-18(24)20-6-1-7-22-8-10-26-11-9-22/h14-17,23H,1-13H2,(H,20,24)(H,21,25)/t15-,16-,17+/m1/s1. The van der Waals surface area contributed by atoms with E-state index >= 15 is 0 Å². The zero-order chi connectivity index (χ0) is 19.1. The maximum Gasteiger partial charge on any atom is 0.223 e. The minimum absolute atomic E-state index is 0.0147. The van der Waals surface area contributed by atoms with Crippen molar-refractivity contribution < 1.29 is 24.2 Å². The number of nitrogens with one attached hydrogen (secondary N) is 2. The molecular weight excluding hydrogens is 350 g/mol. The van der Waals surface area contributed by atoms with Crippen LogP contribution >= 0.6 is 0 Å². The number of ether oxygens (including phenoxy) is 2. The van der Waals surface area contributed by atoms with Gasteiger partial charge in [-0.3, -0.25) is 14.5 Å². The minimum atomic E-state index is -0.430. The van der Waals surface area contributed by atoms with E-state index in [0.717, 1.165) is 58.5 Å². The summed E-state index contributed by atoms with van der Waals surface area (Å²) in [6.07, 6.45) is 3.96. The highest BCUT2D eigenvalue weighted by Gasteiger charge is 2.36. The Morgan fingerprint density at radius 3 is 2.59 bits per heavy atom. The summed E-state index contributed by atoms with van der Waals surface area (Å²) >= 11 is 0. The summed E-state index contributed by atoms with van der Waals surface area (Å²) < 4.78 is 11.2. The monoisotopic (exact) mass is 383 g/mol. The molecule has 0 aromatic heterocycles. The summed E-state index contributed by atoms with van der Waals surface area (Å²) in [6.45, 7) is 4.99. The van der Waals surface area contributed by atoms with Crippen molar-refractivity contribution in [2.24, 2.45) is 5.92 Å². The third-order valence-electron chi connectivity index (χ3n) is 5.56. The molecule has 2 amide bonds. The van der Waals surface area contributed by atoms with Crippen LogP contribution in [-0.2, 0) is 19.1 Å². The van der Waals surface area contributed by atoms with Crippen molar-refractivity contribution in [2.75, 3.05) is 46.0 Å². The van der Waals surface area contributed by atoms with Gasteiger partial charge in [-0.1, -0.05) is 0 Å². The van der Waals surface area contributed by atoms with Gasteiger partial charge in [-0.25, -0.2) is 0 Å². The Bertz CT molecular complexity index is 494. The van der Waals surface area contributed by atoms with Crippen LogP contribution in [-0.4, -0.2) is 86.1 Å². The van der Waals surface area contributed by atoms with E-state index in [0.29, 0.717) is 19.4 Å². The smallest absolute Gasteiger partial charge is 0.223 e. The fourth-order valence-corrected chi connectivity index (χ4v) is 3.73. The summed E-state index contributed by atoms with van der Waals surface area (Å²) in [5.41, 5.74) is 0. The quantitative estimate of drug-likeness (QED) is 0.471. The lowest BCUT2D eigenvalue weighted by Gasteiger charge is -2.36. The molecule has 27 heavy (non-hydrogen) atoms. The first-order chi connectivity index (χ1) is 13.2. The molecule has 1 aliphatic carbocycles. The highest BCUT2D eigenvalue weighted by atomic mass is 16.5. The number of aliphatic hydroxyl groups is 1. The summed E-state index contributed by atoms with van der Waals surface area (Å²) in [7, 11) is 0. The molecule has 154 valence electrons. The van der Waals surface area contributed by atoms with Crippen LogP contribution in [0.1, 0.15) is 38.5 Å². The first kappa shape index (κ1) is 20.5. The molecule has 1 saturated carbocycles. The van der Waals surface area contributed by atoms with Gasteiger partial charge in [-0.2, -0.15) is 0 Å². The average Bonchev–Trinajstić information content (AvgIpc) is 3.52. The Balaban J connectivity index is 1.30. The molecule has 8 heteroatoms. The van der Waals surface area contributed by atoms with Crippen LogP contribution in [0.2, 0.25) is 0 Å². The second-order valence-electron chi connectivity index (χ2n) is 7.81. The van der Waals surface area contributed by atoms with Crippen molar-refractivity contribution in [3.8, 4) is 0 Å². The number of carbonyl (C=O) groups excluding carboxylic acids is 2. The third-order valence-corrected chi connectivity index (χ3v) is 5.56. The molecule has 3 rings (SSSR count). The summed E-state index contributed by atoms with van der Waals surface area (Å²) in [4.78, 5) is 26.4. The molecule has 3 fully saturated rings. The molecule has 8 nitrogen and oxygen atoms in total. The number of rotatable bonds is 9. The maximum absolute atomic E-state index is 12.2. The summed E-state index contributed by atoms with van der Waals surface area (Å²) in [6, 6.07) is -0.157. The number of carbonyl (C=O) groups is 2. The number of nitrogens with zero attached hydrogens (tertiary/aromatic N) is 1. The molecule has 3 N–H and O–H groups in total. The van der Waals surface area contributed by atoms with Crippen molar-refractivity contribution in [2.45, 2.75) is 56.8 Å². The molecule has 2 heterocycles. The van der Waals surface area contributed by atoms with Gasteiger partial charge in [0.2, 0.25) is 11.8 Å². The van der Waals surface area contributed by atoms with E-state index in [9.17, 15) is 14.7 Å². The van der Waals surface area contributed by atoms with Crippen LogP contribution in [0.5, 0.6) is 0 Å². The SMILES string of the molecule is O=C(C[C@H]1CC[C@@H](NC(=O)C2CC2)[C@H](CO)O1)NCCCN1CCOCC1. The highest BCUT2D eigenvalue weighted by Crippen LogP contribution is 2.30. The van der Waals surface area contributed by atoms with Crippen LogP contribution in [0, 0.1) is 5.92 Å². The Morgan fingerprint density at radius 2 is 1.89 bits per heavy atom.